The molecule has 1 aromatic heterocycles. The summed E-state index contributed by atoms with van der Waals surface area (Å²) in [7, 11) is -2.50. The maximum atomic E-state index is 12.4. The van der Waals surface area contributed by atoms with Crippen molar-refractivity contribution in [3.05, 3.63) is 41.7 Å². The predicted molar refractivity (Wildman–Crippen MR) is 77.5 cm³/mol. The molecule has 6 nitrogen and oxygen atoms in total. The molecule has 8 heteroatoms. The van der Waals surface area contributed by atoms with Gasteiger partial charge >= 0.3 is 0 Å². The van der Waals surface area contributed by atoms with Gasteiger partial charge in [0.2, 0.25) is 0 Å². The molecule has 0 saturated carbocycles. The number of benzene rings is 1. The number of hydrogen-bond donors (Lipinski definition) is 2. The molecule has 0 aliphatic rings. The van der Waals surface area contributed by atoms with E-state index < -0.39 is 10.0 Å². The summed E-state index contributed by atoms with van der Waals surface area (Å²) in [6, 6.07) is 5.82. The Bertz CT molecular complexity index is 734. The minimum atomic E-state index is -3.88. The van der Waals surface area contributed by atoms with Gasteiger partial charge in [-0.1, -0.05) is 11.6 Å². The molecule has 0 saturated heterocycles. The SMILES string of the molecule is COc1ccc(N)cc1S(=O)(=O)Nc1cnccc1Cl. The number of methoxy groups -OCH3 is 1. The fraction of sp³-hybridized carbons (Fsp3) is 0.0833. The number of hydrogen-bond acceptors (Lipinski definition) is 5. The quantitative estimate of drug-likeness (QED) is 0.843. The number of anilines is 2. The van der Waals surface area contributed by atoms with Crippen molar-refractivity contribution in [1.82, 2.24) is 4.98 Å². The van der Waals surface area contributed by atoms with Crippen molar-refractivity contribution in [3.63, 3.8) is 0 Å². The lowest BCUT2D eigenvalue weighted by Crippen LogP contribution is -2.15. The maximum Gasteiger partial charge on any atom is 0.265 e. The molecule has 1 aromatic carbocycles. The van der Waals surface area contributed by atoms with Gasteiger partial charge in [0, 0.05) is 11.9 Å². The first-order valence-electron chi connectivity index (χ1n) is 5.50. The highest BCUT2D eigenvalue weighted by Crippen LogP contribution is 2.29. The van der Waals surface area contributed by atoms with E-state index in [2.05, 4.69) is 9.71 Å². The van der Waals surface area contributed by atoms with Gasteiger partial charge in [0.05, 0.1) is 24.0 Å². The molecule has 0 aliphatic carbocycles. The van der Waals surface area contributed by atoms with Crippen molar-refractivity contribution in [3.8, 4) is 5.75 Å². The molecule has 2 rings (SSSR count). The van der Waals surface area contributed by atoms with Gasteiger partial charge in [0.15, 0.2) is 0 Å². The first kappa shape index (κ1) is 14.4. The summed E-state index contributed by atoms with van der Waals surface area (Å²) in [6.07, 6.45) is 2.78. The van der Waals surface area contributed by atoms with Gasteiger partial charge in [-0.05, 0) is 24.3 Å². The normalized spacial score (nSPS) is 11.1. The molecule has 0 fully saturated rings. The Labute approximate surface area is 121 Å². The van der Waals surface area contributed by atoms with Crippen LogP contribution in [0.15, 0.2) is 41.6 Å². The topological polar surface area (TPSA) is 94.3 Å². The second kappa shape index (κ2) is 5.56. The summed E-state index contributed by atoms with van der Waals surface area (Å²) in [5.41, 5.74) is 6.10. The van der Waals surface area contributed by atoms with Crippen LogP contribution in [-0.4, -0.2) is 20.5 Å². The molecule has 3 N–H and O–H groups in total. The van der Waals surface area contributed by atoms with Crippen molar-refractivity contribution in [1.29, 1.82) is 0 Å². The van der Waals surface area contributed by atoms with E-state index in [1.54, 1.807) is 6.07 Å². The van der Waals surface area contributed by atoms with Crippen LogP contribution in [-0.2, 0) is 10.0 Å². The van der Waals surface area contributed by atoms with Crippen LogP contribution in [0.4, 0.5) is 11.4 Å². The Morgan fingerprint density at radius 2 is 2.10 bits per heavy atom. The molecule has 0 spiro atoms. The highest BCUT2D eigenvalue weighted by molar-refractivity contribution is 7.92. The summed E-state index contributed by atoms with van der Waals surface area (Å²) < 4.78 is 32.1. The summed E-state index contributed by atoms with van der Waals surface area (Å²) in [4.78, 5) is 3.75. The summed E-state index contributed by atoms with van der Waals surface area (Å²) in [5, 5.41) is 0.242. The van der Waals surface area contributed by atoms with Crippen LogP contribution in [0.3, 0.4) is 0 Å². The number of sulfonamides is 1. The number of nitrogens with one attached hydrogen (secondary N) is 1. The predicted octanol–water partition coefficient (Wildman–Crippen LogP) is 2.13. The van der Waals surface area contributed by atoms with E-state index in [1.165, 1.54) is 37.7 Å². The minimum absolute atomic E-state index is 0.0695. The highest BCUT2D eigenvalue weighted by Gasteiger charge is 2.21. The number of pyridine rings is 1. The van der Waals surface area contributed by atoms with Crippen molar-refractivity contribution in [2.24, 2.45) is 0 Å². The zero-order valence-electron chi connectivity index (χ0n) is 10.5. The summed E-state index contributed by atoms with van der Waals surface area (Å²) >= 11 is 5.90. The zero-order chi connectivity index (χ0) is 14.8. The molecule has 1 heterocycles. The molecule has 106 valence electrons. The number of rotatable bonds is 4. The molecule has 0 radical (unpaired) electrons. The van der Waals surface area contributed by atoms with Crippen LogP contribution < -0.4 is 15.2 Å². The molecule has 20 heavy (non-hydrogen) atoms. The van der Waals surface area contributed by atoms with Crippen LogP contribution in [0.5, 0.6) is 5.75 Å². The van der Waals surface area contributed by atoms with Crippen molar-refractivity contribution >= 4 is 33.0 Å². The van der Waals surface area contributed by atoms with Crippen molar-refractivity contribution in [2.75, 3.05) is 17.6 Å². The molecule has 0 amide bonds. The maximum absolute atomic E-state index is 12.4. The van der Waals surface area contributed by atoms with Gasteiger partial charge in [-0.25, -0.2) is 8.42 Å². The number of nitrogen functional groups attached to an aromatic ring is 1. The van der Waals surface area contributed by atoms with Gasteiger partial charge in [0.1, 0.15) is 10.6 Å². The van der Waals surface area contributed by atoms with Crippen molar-refractivity contribution < 1.29 is 13.2 Å². The first-order chi connectivity index (χ1) is 9.44. The Morgan fingerprint density at radius 3 is 2.75 bits per heavy atom. The van der Waals surface area contributed by atoms with E-state index in [-0.39, 0.29) is 21.4 Å². The van der Waals surface area contributed by atoms with E-state index in [0.717, 1.165) is 0 Å². The average Bonchev–Trinajstić information content (AvgIpc) is 2.41. The Kier molecular flexibility index (Phi) is 4.01. The first-order valence-corrected chi connectivity index (χ1v) is 7.36. The number of nitrogens with zero attached hydrogens (tertiary/aromatic N) is 1. The van der Waals surface area contributed by atoms with Gasteiger partial charge in [0.25, 0.3) is 10.0 Å². The van der Waals surface area contributed by atoms with Crippen molar-refractivity contribution in [2.45, 2.75) is 4.90 Å². The minimum Gasteiger partial charge on any atom is -0.495 e. The molecule has 2 aromatic rings. The van der Waals surface area contributed by atoms with Crippen LogP contribution in [0.2, 0.25) is 5.02 Å². The Morgan fingerprint density at radius 1 is 1.35 bits per heavy atom. The average molecular weight is 314 g/mol. The second-order valence-corrected chi connectivity index (χ2v) is 5.93. The lowest BCUT2D eigenvalue weighted by molar-refractivity contribution is 0.403. The fourth-order valence-electron chi connectivity index (χ4n) is 1.56. The second-order valence-electron chi connectivity index (χ2n) is 3.87. The van der Waals surface area contributed by atoms with Crippen LogP contribution >= 0.6 is 11.6 Å². The third-order valence-corrected chi connectivity index (χ3v) is 4.21. The van der Waals surface area contributed by atoms with E-state index in [0.29, 0.717) is 5.69 Å². The lowest BCUT2D eigenvalue weighted by Gasteiger charge is -2.12. The molecule has 0 bridgehead atoms. The van der Waals surface area contributed by atoms with Crippen LogP contribution in [0.25, 0.3) is 0 Å². The van der Waals surface area contributed by atoms with Crippen LogP contribution in [0, 0.1) is 0 Å². The summed E-state index contributed by atoms with van der Waals surface area (Å²) in [6.45, 7) is 0. The van der Waals surface area contributed by atoms with E-state index in [9.17, 15) is 8.42 Å². The Hall–Kier alpha value is -1.99. The molecule has 0 atom stereocenters. The number of aromatic nitrogens is 1. The molecular formula is C12H12ClN3O3S. The largest absolute Gasteiger partial charge is 0.495 e. The zero-order valence-corrected chi connectivity index (χ0v) is 12.1. The van der Waals surface area contributed by atoms with Gasteiger partial charge in [-0.15, -0.1) is 0 Å². The Balaban J connectivity index is 2.46. The molecular weight excluding hydrogens is 302 g/mol. The van der Waals surface area contributed by atoms with Gasteiger partial charge in [-0.3, -0.25) is 9.71 Å². The third kappa shape index (κ3) is 2.94. The summed E-state index contributed by atoms with van der Waals surface area (Å²) in [5.74, 6) is 0.187. The van der Waals surface area contributed by atoms with Gasteiger partial charge in [-0.2, -0.15) is 0 Å². The van der Waals surface area contributed by atoms with Crippen LogP contribution in [0.1, 0.15) is 0 Å². The highest BCUT2D eigenvalue weighted by atomic mass is 35.5. The smallest absolute Gasteiger partial charge is 0.265 e. The van der Waals surface area contributed by atoms with Gasteiger partial charge < -0.3 is 10.5 Å². The third-order valence-electron chi connectivity index (χ3n) is 2.49. The number of ether oxygens (including phenoxy) is 1. The fourth-order valence-corrected chi connectivity index (χ4v) is 3.03. The van der Waals surface area contributed by atoms with E-state index >= 15 is 0 Å². The number of nitrogens with two attached hydrogens (primary N) is 1. The molecule has 0 unspecified atom stereocenters. The van der Waals surface area contributed by atoms with E-state index in [4.69, 9.17) is 22.1 Å². The monoisotopic (exact) mass is 313 g/mol. The number of halogens is 1. The lowest BCUT2D eigenvalue weighted by atomic mass is 10.3. The molecule has 0 aliphatic heterocycles. The van der Waals surface area contributed by atoms with E-state index in [1.807, 2.05) is 0 Å². The standard InChI is InChI=1S/C12H12ClN3O3S/c1-19-11-3-2-8(14)6-12(11)20(17,18)16-10-7-15-5-4-9(10)13/h2-7,16H,14H2,1H3.